The van der Waals surface area contributed by atoms with Gasteiger partial charge in [0.1, 0.15) is 16.9 Å². The number of fused-ring (bicyclic) bond motifs is 3. The Morgan fingerprint density at radius 1 is 1.30 bits per heavy atom. The van der Waals surface area contributed by atoms with E-state index < -0.39 is 17.1 Å². The number of carbonyl (C=O) groups is 1. The second-order valence-electron chi connectivity index (χ2n) is 5.21. The Labute approximate surface area is 114 Å². The maximum Gasteiger partial charge on any atom is 0.341 e. The van der Waals surface area contributed by atoms with Crippen LogP contribution in [0.25, 0.3) is 11.3 Å². The SMILES string of the molecule is CC1(C)Oc2ccccc2-c2[nH]c(=O)c(C(=O)O)cc21. The summed E-state index contributed by atoms with van der Waals surface area (Å²) < 4.78 is 5.91. The van der Waals surface area contributed by atoms with Crippen molar-refractivity contribution in [2.24, 2.45) is 0 Å². The molecule has 0 saturated heterocycles. The van der Waals surface area contributed by atoms with Gasteiger partial charge in [-0.1, -0.05) is 12.1 Å². The van der Waals surface area contributed by atoms with E-state index in [2.05, 4.69) is 4.98 Å². The van der Waals surface area contributed by atoms with Crippen molar-refractivity contribution < 1.29 is 14.6 Å². The number of nitrogens with one attached hydrogen (secondary N) is 1. The van der Waals surface area contributed by atoms with E-state index in [0.29, 0.717) is 17.0 Å². The average Bonchev–Trinajstić information content (AvgIpc) is 2.37. The fraction of sp³-hybridized carbons (Fsp3) is 0.200. The summed E-state index contributed by atoms with van der Waals surface area (Å²) in [7, 11) is 0. The summed E-state index contributed by atoms with van der Waals surface area (Å²) in [5.41, 5.74) is 0.442. The number of aromatic amines is 1. The molecule has 1 aliphatic rings. The molecule has 1 aliphatic heterocycles. The minimum Gasteiger partial charge on any atom is -0.482 e. The van der Waals surface area contributed by atoms with Crippen molar-refractivity contribution >= 4 is 5.97 Å². The molecule has 2 N–H and O–H groups in total. The third-order valence-corrected chi connectivity index (χ3v) is 3.44. The van der Waals surface area contributed by atoms with Crippen LogP contribution in [0.1, 0.15) is 29.8 Å². The fourth-order valence-electron chi connectivity index (χ4n) is 2.47. The number of ether oxygens (including phenoxy) is 1. The number of aromatic nitrogens is 1. The third-order valence-electron chi connectivity index (χ3n) is 3.44. The summed E-state index contributed by atoms with van der Waals surface area (Å²) in [5.74, 6) is -0.576. The van der Waals surface area contributed by atoms with E-state index in [9.17, 15) is 9.59 Å². The highest BCUT2D eigenvalue weighted by Gasteiger charge is 2.34. The number of hydrogen-bond donors (Lipinski definition) is 2. The zero-order valence-corrected chi connectivity index (χ0v) is 11.1. The second-order valence-corrected chi connectivity index (χ2v) is 5.21. The molecule has 0 radical (unpaired) electrons. The predicted molar refractivity (Wildman–Crippen MR) is 73.1 cm³/mol. The highest BCUT2D eigenvalue weighted by atomic mass is 16.5. The topological polar surface area (TPSA) is 79.4 Å². The monoisotopic (exact) mass is 271 g/mol. The van der Waals surface area contributed by atoms with Gasteiger partial charge < -0.3 is 14.8 Å². The van der Waals surface area contributed by atoms with Crippen LogP contribution in [0, 0.1) is 0 Å². The van der Waals surface area contributed by atoms with Gasteiger partial charge in [-0.25, -0.2) is 4.79 Å². The van der Waals surface area contributed by atoms with Gasteiger partial charge in [0.2, 0.25) is 0 Å². The predicted octanol–water partition coefficient (Wildman–Crippen LogP) is 2.37. The number of hydrogen-bond acceptors (Lipinski definition) is 3. The Hall–Kier alpha value is -2.56. The molecule has 102 valence electrons. The summed E-state index contributed by atoms with van der Waals surface area (Å²) >= 11 is 0. The van der Waals surface area contributed by atoms with Gasteiger partial charge >= 0.3 is 5.97 Å². The first-order valence-electron chi connectivity index (χ1n) is 6.19. The molecule has 0 spiro atoms. The van der Waals surface area contributed by atoms with Crippen molar-refractivity contribution in [2.45, 2.75) is 19.4 Å². The lowest BCUT2D eigenvalue weighted by Crippen LogP contribution is -2.32. The number of benzene rings is 1. The minimum absolute atomic E-state index is 0.278. The van der Waals surface area contributed by atoms with Crippen molar-refractivity contribution in [2.75, 3.05) is 0 Å². The van der Waals surface area contributed by atoms with Gasteiger partial charge in [-0.3, -0.25) is 4.79 Å². The summed E-state index contributed by atoms with van der Waals surface area (Å²) in [6, 6.07) is 8.74. The standard InChI is InChI=1S/C15H13NO4/c1-15(2)10-7-9(14(18)19)13(17)16-12(10)8-5-3-4-6-11(8)20-15/h3-7H,1-2H3,(H,16,17)(H,18,19). The molecule has 5 nitrogen and oxygen atoms in total. The van der Waals surface area contributed by atoms with E-state index in [4.69, 9.17) is 9.84 Å². The molecule has 20 heavy (non-hydrogen) atoms. The summed E-state index contributed by atoms with van der Waals surface area (Å²) in [6.45, 7) is 3.68. The minimum atomic E-state index is -1.25. The van der Waals surface area contributed by atoms with Crippen LogP contribution in [-0.4, -0.2) is 16.1 Å². The first-order valence-corrected chi connectivity index (χ1v) is 6.19. The van der Waals surface area contributed by atoms with Gasteiger partial charge in [0, 0.05) is 11.1 Å². The molecule has 3 rings (SSSR count). The van der Waals surface area contributed by atoms with Crippen LogP contribution in [0.2, 0.25) is 0 Å². The molecule has 0 bridgehead atoms. The molecular weight excluding hydrogens is 258 g/mol. The van der Waals surface area contributed by atoms with Crippen LogP contribution in [0.3, 0.4) is 0 Å². The molecule has 2 aromatic rings. The van der Waals surface area contributed by atoms with E-state index >= 15 is 0 Å². The van der Waals surface area contributed by atoms with Crippen molar-refractivity contribution in [3.8, 4) is 17.0 Å². The Kier molecular flexibility index (Phi) is 2.47. The van der Waals surface area contributed by atoms with Crippen LogP contribution in [-0.2, 0) is 5.60 Å². The van der Waals surface area contributed by atoms with Crippen LogP contribution < -0.4 is 10.3 Å². The Balaban J connectivity index is 2.37. The number of rotatable bonds is 1. The van der Waals surface area contributed by atoms with Gasteiger partial charge in [-0.15, -0.1) is 0 Å². The number of para-hydroxylation sites is 1. The van der Waals surface area contributed by atoms with Crippen LogP contribution >= 0.6 is 0 Å². The Morgan fingerprint density at radius 2 is 2.00 bits per heavy atom. The quantitative estimate of drug-likeness (QED) is 0.834. The number of carboxylic acid groups (broad SMARTS) is 1. The van der Waals surface area contributed by atoms with Gasteiger partial charge in [0.05, 0.1) is 5.69 Å². The highest BCUT2D eigenvalue weighted by Crippen LogP contribution is 2.43. The number of carboxylic acids is 1. The van der Waals surface area contributed by atoms with E-state index in [1.807, 2.05) is 38.1 Å². The lowest BCUT2D eigenvalue weighted by molar-refractivity contribution is 0.0693. The van der Waals surface area contributed by atoms with Crippen LogP contribution in [0.4, 0.5) is 0 Å². The Bertz CT molecular complexity index is 774. The molecule has 5 heteroatoms. The lowest BCUT2D eigenvalue weighted by atomic mass is 9.89. The van der Waals surface area contributed by atoms with Crippen molar-refractivity contribution in [3.63, 3.8) is 0 Å². The Morgan fingerprint density at radius 3 is 2.70 bits per heavy atom. The van der Waals surface area contributed by atoms with Crippen molar-refractivity contribution in [1.82, 2.24) is 4.98 Å². The number of aromatic carboxylic acids is 1. The normalized spacial score (nSPS) is 14.9. The van der Waals surface area contributed by atoms with Crippen molar-refractivity contribution in [1.29, 1.82) is 0 Å². The summed E-state index contributed by atoms with van der Waals surface area (Å²) in [5, 5.41) is 9.07. The van der Waals surface area contributed by atoms with Gasteiger partial charge in [-0.05, 0) is 32.0 Å². The molecule has 1 aromatic heterocycles. The van der Waals surface area contributed by atoms with Gasteiger partial charge in [-0.2, -0.15) is 0 Å². The maximum atomic E-state index is 11.9. The molecule has 0 unspecified atom stereocenters. The molecule has 0 saturated carbocycles. The van der Waals surface area contributed by atoms with E-state index in [1.54, 1.807) is 0 Å². The first kappa shape index (κ1) is 12.5. The zero-order valence-electron chi connectivity index (χ0n) is 11.1. The van der Waals surface area contributed by atoms with Crippen molar-refractivity contribution in [3.05, 3.63) is 51.8 Å². The zero-order chi connectivity index (χ0) is 14.5. The van der Waals surface area contributed by atoms with Gasteiger partial charge in [0.25, 0.3) is 5.56 Å². The van der Waals surface area contributed by atoms with Gasteiger partial charge in [0.15, 0.2) is 0 Å². The van der Waals surface area contributed by atoms with E-state index in [1.165, 1.54) is 6.07 Å². The summed E-state index contributed by atoms with van der Waals surface area (Å²) in [6.07, 6.45) is 0. The number of H-pyrrole nitrogens is 1. The van der Waals surface area contributed by atoms with Crippen LogP contribution in [0.15, 0.2) is 35.1 Å². The second kappa shape index (κ2) is 3.96. The number of pyridine rings is 1. The third kappa shape index (κ3) is 1.71. The molecule has 1 aromatic carbocycles. The van der Waals surface area contributed by atoms with Crippen LogP contribution in [0.5, 0.6) is 5.75 Å². The maximum absolute atomic E-state index is 11.9. The smallest absolute Gasteiger partial charge is 0.341 e. The highest BCUT2D eigenvalue weighted by molar-refractivity contribution is 5.88. The molecule has 2 heterocycles. The largest absolute Gasteiger partial charge is 0.482 e. The molecule has 0 amide bonds. The molecule has 0 fully saturated rings. The van der Waals surface area contributed by atoms with E-state index in [-0.39, 0.29) is 5.56 Å². The van der Waals surface area contributed by atoms with E-state index in [0.717, 1.165) is 5.56 Å². The molecule has 0 aliphatic carbocycles. The lowest BCUT2D eigenvalue weighted by Gasteiger charge is -2.34. The first-order chi connectivity index (χ1) is 9.40. The molecular formula is C15H13NO4. The average molecular weight is 271 g/mol. The molecule has 0 atom stereocenters. The fourth-order valence-corrected chi connectivity index (χ4v) is 2.47. The summed E-state index contributed by atoms with van der Waals surface area (Å²) in [4.78, 5) is 25.7.